The van der Waals surface area contributed by atoms with E-state index in [-0.39, 0.29) is 38.8 Å². The highest BCUT2D eigenvalue weighted by Gasteiger charge is 2.31. The maximum atomic E-state index is 13.1. The fraction of sp³-hybridized carbons (Fsp3) is 0.120. The Balaban J connectivity index is 1.52. The molecule has 4 aromatic rings. The van der Waals surface area contributed by atoms with Gasteiger partial charge in [-0.1, -0.05) is 64.2 Å². The Morgan fingerprint density at radius 1 is 0.900 bits per heavy atom. The Hall–Kier alpha value is -2.96. The summed E-state index contributed by atoms with van der Waals surface area (Å²) in [7, 11) is 0. The first kappa shape index (κ1) is 30.0. The van der Waals surface area contributed by atoms with Crippen molar-refractivity contribution >= 4 is 75.7 Å². The molecule has 0 aliphatic carbocycles. The number of halogens is 7. The molecule has 1 aromatic heterocycles. The number of hydrogen-bond acceptors (Lipinski definition) is 5. The van der Waals surface area contributed by atoms with E-state index in [0.29, 0.717) is 21.6 Å². The van der Waals surface area contributed by atoms with Gasteiger partial charge in [0.05, 0.1) is 44.8 Å². The molecule has 0 spiro atoms. The third kappa shape index (κ3) is 7.41. The second-order valence-electron chi connectivity index (χ2n) is 8.05. The number of hydrogen-bond donors (Lipinski definition) is 2. The Kier molecular flexibility index (Phi) is 9.52. The van der Waals surface area contributed by atoms with Crippen LogP contribution >= 0.6 is 58.2 Å². The highest BCUT2D eigenvalue weighted by Crippen LogP contribution is 2.34. The minimum absolute atomic E-state index is 0.0488. The zero-order chi connectivity index (χ0) is 29.0. The molecule has 0 saturated heterocycles. The Morgan fingerprint density at radius 3 is 2.35 bits per heavy atom. The van der Waals surface area contributed by atoms with Gasteiger partial charge in [-0.25, -0.2) is 0 Å². The highest BCUT2D eigenvalue weighted by atomic mass is 35.5. The molecular formula is C25H16Cl4F3N5O2S. The van der Waals surface area contributed by atoms with Gasteiger partial charge in [-0.2, -0.15) is 13.2 Å². The largest absolute Gasteiger partial charge is 0.416 e. The van der Waals surface area contributed by atoms with E-state index in [4.69, 9.17) is 46.4 Å². The van der Waals surface area contributed by atoms with Gasteiger partial charge in [0.25, 0.3) is 5.91 Å². The minimum atomic E-state index is -4.60. The summed E-state index contributed by atoms with van der Waals surface area (Å²) < 4.78 is 40.8. The molecule has 0 atom stereocenters. The zero-order valence-corrected chi connectivity index (χ0v) is 23.7. The first-order valence-electron chi connectivity index (χ1n) is 11.2. The molecule has 3 aromatic carbocycles. The third-order valence-electron chi connectivity index (χ3n) is 5.25. The fourth-order valence-corrected chi connectivity index (χ4v) is 5.04. The quantitative estimate of drug-likeness (QED) is 0.193. The van der Waals surface area contributed by atoms with E-state index >= 15 is 0 Å². The van der Waals surface area contributed by atoms with E-state index in [1.165, 1.54) is 18.2 Å². The molecule has 0 radical (unpaired) electrons. The van der Waals surface area contributed by atoms with Crippen LogP contribution in [0.25, 0.3) is 5.69 Å². The van der Waals surface area contributed by atoms with Crippen LogP contribution in [-0.2, 0) is 17.5 Å². The van der Waals surface area contributed by atoms with Gasteiger partial charge in [-0.05, 0) is 54.6 Å². The van der Waals surface area contributed by atoms with Crippen molar-refractivity contribution in [1.82, 2.24) is 20.1 Å². The summed E-state index contributed by atoms with van der Waals surface area (Å²) in [5.41, 5.74) is -0.371. The first-order chi connectivity index (χ1) is 18.9. The minimum Gasteiger partial charge on any atom is -0.345 e. The molecule has 0 aliphatic heterocycles. The number of anilines is 1. The molecular weight excluding hydrogens is 633 g/mol. The van der Waals surface area contributed by atoms with Crippen molar-refractivity contribution < 1.29 is 22.8 Å². The van der Waals surface area contributed by atoms with Crippen LogP contribution in [0.1, 0.15) is 21.7 Å². The number of nitrogens with one attached hydrogen (secondary N) is 2. The molecule has 1 heterocycles. The summed E-state index contributed by atoms with van der Waals surface area (Å²) in [4.78, 5) is 25.3. The summed E-state index contributed by atoms with van der Waals surface area (Å²) in [6.07, 6.45) is -4.60. The predicted molar refractivity (Wildman–Crippen MR) is 150 cm³/mol. The number of thioether (sulfide) groups is 1. The van der Waals surface area contributed by atoms with Crippen LogP contribution in [0.2, 0.25) is 20.1 Å². The lowest BCUT2D eigenvalue weighted by molar-refractivity contribution is -0.137. The maximum absolute atomic E-state index is 13.1. The summed E-state index contributed by atoms with van der Waals surface area (Å²) in [5.74, 6) is -1.03. The zero-order valence-electron chi connectivity index (χ0n) is 19.9. The SMILES string of the molecule is O=C(CSc1nnc(CNC(=O)c2ccc(Cl)cc2Cl)n1-c1cccc(Cl)c1)Nc1cc(C(F)(F)F)ccc1Cl. The maximum Gasteiger partial charge on any atom is 0.416 e. The van der Waals surface area contributed by atoms with Gasteiger partial charge < -0.3 is 10.6 Å². The standard InChI is InChI=1S/C25H16Cl4F3N5O2S/c26-14-2-1-3-16(9-14)37-21(11-33-23(39)17-6-5-15(27)10-19(17)29)35-36-24(37)40-12-22(38)34-20-8-13(25(30,31)32)4-7-18(20)28/h1-10H,11-12H2,(H,33,39)(H,34,38). The van der Waals surface area contributed by atoms with Crippen LogP contribution in [0.5, 0.6) is 0 Å². The van der Waals surface area contributed by atoms with Gasteiger partial charge in [-0.15, -0.1) is 10.2 Å². The molecule has 0 bridgehead atoms. The number of alkyl halides is 3. The van der Waals surface area contributed by atoms with E-state index < -0.39 is 23.6 Å². The van der Waals surface area contributed by atoms with E-state index in [9.17, 15) is 22.8 Å². The summed E-state index contributed by atoms with van der Waals surface area (Å²) in [6, 6.07) is 13.8. The van der Waals surface area contributed by atoms with Crippen molar-refractivity contribution in [2.24, 2.45) is 0 Å². The summed E-state index contributed by atoms with van der Waals surface area (Å²) in [6.45, 7) is -0.0656. The topological polar surface area (TPSA) is 88.9 Å². The average Bonchev–Trinajstić information content (AvgIpc) is 3.29. The number of carbonyl (C=O) groups is 2. The predicted octanol–water partition coefficient (Wildman–Crippen LogP) is 7.56. The molecule has 15 heteroatoms. The van der Waals surface area contributed by atoms with Gasteiger partial charge >= 0.3 is 6.18 Å². The van der Waals surface area contributed by atoms with Gasteiger partial charge in [-0.3, -0.25) is 14.2 Å². The molecule has 2 amide bonds. The highest BCUT2D eigenvalue weighted by molar-refractivity contribution is 7.99. The molecule has 208 valence electrons. The van der Waals surface area contributed by atoms with Crippen LogP contribution in [0, 0.1) is 0 Å². The van der Waals surface area contributed by atoms with Crippen LogP contribution in [-0.4, -0.2) is 32.3 Å². The van der Waals surface area contributed by atoms with Crippen molar-refractivity contribution in [3.8, 4) is 5.69 Å². The molecule has 2 N–H and O–H groups in total. The van der Waals surface area contributed by atoms with Crippen molar-refractivity contribution in [3.63, 3.8) is 0 Å². The molecule has 0 unspecified atom stereocenters. The molecule has 4 rings (SSSR count). The van der Waals surface area contributed by atoms with Gasteiger partial charge in [0.15, 0.2) is 11.0 Å². The van der Waals surface area contributed by atoms with E-state index in [1.54, 1.807) is 28.8 Å². The summed E-state index contributed by atoms with van der Waals surface area (Å²) in [5, 5.41) is 14.6. The van der Waals surface area contributed by atoms with Crippen molar-refractivity contribution in [2.75, 3.05) is 11.1 Å². The normalized spacial score (nSPS) is 11.4. The van der Waals surface area contributed by atoms with Crippen molar-refractivity contribution in [2.45, 2.75) is 17.9 Å². The Bertz CT molecular complexity index is 1580. The molecule has 0 fully saturated rings. The van der Waals surface area contributed by atoms with Crippen LogP contribution in [0.4, 0.5) is 18.9 Å². The number of nitrogens with zero attached hydrogens (tertiary/aromatic N) is 3. The Labute approximate surface area is 250 Å². The van der Waals surface area contributed by atoms with Crippen LogP contribution in [0.3, 0.4) is 0 Å². The number of benzene rings is 3. The fourth-order valence-electron chi connectivity index (χ4n) is 3.42. The number of carbonyl (C=O) groups excluding carboxylic acids is 2. The lowest BCUT2D eigenvalue weighted by Gasteiger charge is -2.13. The van der Waals surface area contributed by atoms with E-state index in [1.807, 2.05) is 0 Å². The number of amides is 2. The average molecular weight is 649 g/mol. The number of rotatable bonds is 8. The molecule has 0 aliphatic rings. The van der Waals surface area contributed by atoms with E-state index in [0.717, 1.165) is 30.0 Å². The number of aromatic nitrogens is 3. The van der Waals surface area contributed by atoms with Crippen molar-refractivity contribution in [3.05, 3.63) is 97.7 Å². The smallest absolute Gasteiger partial charge is 0.345 e. The Morgan fingerprint density at radius 2 is 1.65 bits per heavy atom. The van der Waals surface area contributed by atoms with Crippen molar-refractivity contribution in [1.29, 1.82) is 0 Å². The molecule has 40 heavy (non-hydrogen) atoms. The molecule has 7 nitrogen and oxygen atoms in total. The van der Waals surface area contributed by atoms with E-state index in [2.05, 4.69) is 20.8 Å². The second kappa shape index (κ2) is 12.7. The lowest BCUT2D eigenvalue weighted by atomic mass is 10.2. The van der Waals surface area contributed by atoms with Crippen LogP contribution < -0.4 is 10.6 Å². The van der Waals surface area contributed by atoms with Gasteiger partial charge in [0, 0.05) is 10.0 Å². The van der Waals surface area contributed by atoms with Gasteiger partial charge in [0.1, 0.15) is 0 Å². The third-order valence-corrected chi connectivity index (χ3v) is 7.29. The van der Waals surface area contributed by atoms with Crippen LogP contribution in [0.15, 0.2) is 65.8 Å². The second-order valence-corrected chi connectivity index (χ2v) is 10.7. The first-order valence-corrected chi connectivity index (χ1v) is 13.6. The monoisotopic (exact) mass is 647 g/mol. The lowest BCUT2D eigenvalue weighted by Crippen LogP contribution is -2.25. The molecule has 0 saturated carbocycles. The summed E-state index contributed by atoms with van der Waals surface area (Å²) >= 11 is 25.1. The van der Waals surface area contributed by atoms with Gasteiger partial charge in [0.2, 0.25) is 5.91 Å².